The van der Waals surface area contributed by atoms with Gasteiger partial charge in [0, 0.05) is 36.5 Å². The van der Waals surface area contributed by atoms with Crippen molar-refractivity contribution < 1.29 is 41.0 Å². The van der Waals surface area contributed by atoms with Gasteiger partial charge in [-0.05, 0) is 68.6 Å². The Morgan fingerprint density at radius 1 is 1.05 bits per heavy atom. The zero-order valence-electron chi connectivity index (χ0n) is 21.3. The average Bonchev–Trinajstić information content (AvgIpc) is 3.48. The lowest BCUT2D eigenvalue weighted by atomic mass is 9.74. The number of nitrogens with one attached hydrogen (secondary N) is 2. The monoisotopic (exact) mass is 600 g/mol. The SMILES string of the molecule is O=C(Nc1cc(F)c(F)c(F)c1)c1ccc(Cl)c(S(=O)(=O)[C@@H]2CC3CC[C@@H](C2)[C@@]3(O)CNC(=O)[C@H]2CCCO2)c1. The maximum absolute atomic E-state index is 13.7. The zero-order valence-corrected chi connectivity index (χ0v) is 22.8. The number of fused-ring (bicyclic) bond motifs is 2. The van der Waals surface area contributed by atoms with Crippen LogP contribution in [0.25, 0.3) is 0 Å². The second kappa shape index (κ2) is 11.0. The maximum atomic E-state index is 13.7. The molecule has 1 heterocycles. The molecule has 3 aliphatic rings. The summed E-state index contributed by atoms with van der Waals surface area (Å²) in [5.41, 5.74) is -1.73. The van der Waals surface area contributed by atoms with E-state index in [9.17, 15) is 36.3 Å². The van der Waals surface area contributed by atoms with Crippen LogP contribution in [0.3, 0.4) is 0 Å². The van der Waals surface area contributed by atoms with Crippen LogP contribution < -0.4 is 10.6 Å². The number of aliphatic hydroxyl groups is 1. The Hall–Kier alpha value is -2.67. The van der Waals surface area contributed by atoms with Crippen molar-refractivity contribution >= 4 is 38.9 Å². The highest BCUT2D eigenvalue weighted by molar-refractivity contribution is 7.92. The second-order valence-corrected chi connectivity index (χ2v) is 13.3. The molecule has 1 saturated heterocycles. The van der Waals surface area contributed by atoms with Crippen molar-refractivity contribution in [2.24, 2.45) is 11.8 Å². The molecule has 2 saturated carbocycles. The predicted molar refractivity (Wildman–Crippen MR) is 139 cm³/mol. The molecule has 40 heavy (non-hydrogen) atoms. The molecule has 5 rings (SSSR count). The highest BCUT2D eigenvalue weighted by Gasteiger charge is 2.55. The largest absolute Gasteiger partial charge is 0.387 e. The molecule has 2 bridgehead atoms. The number of rotatable bonds is 7. The van der Waals surface area contributed by atoms with E-state index in [-0.39, 0.29) is 58.3 Å². The van der Waals surface area contributed by atoms with Crippen LogP contribution in [0.5, 0.6) is 0 Å². The molecule has 13 heteroatoms. The molecule has 2 amide bonds. The van der Waals surface area contributed by atoms with Crippen LogP contribution in [-0.2, 0) is 19.4 Å². The molecular formula is C27H28ClF3N2O6S. The Bertz CT molecular complexity index is 1410. The van der Waals surface area contributed by atoms with Crippen molar-refractivity contribution in [3.8, 4) is 0 Å². The minimum atomic E-state index is -4.06. The molecule has 0 radical (unpaired) electrons. The van der Waals surface area contributed by atoms with E-state index in [2.05, 4.69) is 10.6 Å². The molecule has 216 valence electrons. The van der Waals surface area contributed by atoms with Crippen molar-refractivity contribution in [1.29, 1.82) is 0 Å². The minimum Gasteiger partial charge on any atom is -0.387 e. The van der Waals surface area contributed by atoms with Gasteiger partial charge in [-0.1, -0.05) is 11.6 Å². The summed E-state index contributed by atoms with van der Waals surface area (Å²) in [6, 6.07) is 4.79. The van der Waals surface area contributed by atoms with E-state index in [0.29, 0.717) is 38.0 Å². The van der Waals surface area contributed by atoms with Gasteiger partial charge in [-0.2, -0.15) is 0 Å². The average molecular weight is 601 g/mol. The van der Waals surface area contributed by atoms with Gasteiger partial charge in [-0.25, -0.2) is 21.6 Å². The Morgan fingerprint density at radius 2 is 1.70 bits per heavy atom. The molecule has 1 unspecified atom stereocenters. The fourth-order valence-electron chi connectivity index (χ4n) is 6.15. The summed E-state index contributed by atoms with van der Waals surface area (Å²) in [6.07, 6.45) is 2.37. The summed E-state index contributed by atoms with van der Waals surface area (Å²) in [4.78, 5) is 24.9. The summed E-state index contributed by atoms with van der Waals surface area (Å²) < 4.78 is 73.2. The van der Waals surface area contributed by atoms with Gasteiger partial charge in [0.1, 0.15) is 6.10 Å². The van der Waals surface area contributed by atoms with Gasteiger partial charge in [-0.15, -0.1) is 0 Å². The summed E-state index contributed by atoms with van der Waals surface area (Å²) in [7, 11) is -4.06. The van der Waals surface area contributed by atoms with Gasteiger partial charge >= 0.3 is 0 Å². The highest BCUT2D eigenvalue weighted by atomic mass is 35.5. The van der Waals surface area contributed by atoms with Gasteiger partial charge in [0.25, 0.3) is 5.91 Å². The van der Waals surface area contributed by atoms with Crippen LogP contribution in [-0.4, -0.2) is 55.4 Å². The number of hydrogen-bond donors (Lipinski definition) is 3. The van der Waals surface area contributed by atoms with Gasteiger partial charge in [0.2, 0.25) is 5.91 Å². The molecule has 1 aliphatic heterocycles. The lowest BCUT2D eigenvalue weighted by molar-refractivity contribution is -0.133. The molecule has 3 fully saturated rings. The van der Waals surface area contributed by atoms with E-state index in [0.717, 1.165) is 12.5 Å². The van der Waals surface area contributed by atoms with Crippen LogP contribution in [0, 0.1) is 29.3 Å². The quantitative estimate of drug-likeness (QED) is 0.413. The van der Waals surface area contributed by atoms with Crippen LogP contribution in [0.4, 0.5) is 18.9 Å². The van der Waals surface area contributed by atoms with E-state index in [1.807, 2.05) is 0 Å². The molecule has 2 aromatic carbocycles. The number of halogens is 4. The van der Waals surface area contributed by atoms with Crippen LogP contribution in [0.2, 0.25) is 5.02 Å². The topological polar surface area (TPSA) is 122 Å². The van der Waals surface area contributed by atoms with E-state index in [4.69, 9.17) is 16.3 Å². The Balaban J connectivity index is 1.31. The number of carbonyl (C=O) groups excluding carboxylic acids is 2. The molecule has 2 aromatic rings. The molecule has 0 spiro atoms. The summed E-state index contributed by atoms with van der Waals surface area (Å²) >= 11 is 6.25. The lowest BCUT2D eigenvalue weighted by Crippen LogP contribution is -2.55. The Kier molecular flexibility index (Phi) is 7.90. The number of ether oxygens (including phenoxy) is 1. The summed E-state index contributed by atoms with van der Waals surface area (Å²) in [5.74, 6) is -6.57. The first-order valence-electron chi connectivity index (χ1n) is 13.0. The number of hydrogen-bond acceptors (Lipinski definition) is 6. The number of amides is 2. The number of carbonyl (C=O) groups is 2. The minimum absolute atomic E-state index is 0.00871. The van der Waals surface area contributed by atoms with Gasteiger partial charge in [0.15, 0.2) is 27.3 Å². The third kappa shape index (κ3) is 5.34. The first-order chi connectivity index (χ1) is 18.9. The standard InChI is InChI=1S/C27H28ClF3N2O6S/c28-19-6-3-14(25(34)33-17-11-20(29)24(31)21(30)12-17)8-23(19)40(37,38)18-9-15-4-5-16(10-18)27(15,36)13-32-26(35)22-2-1-7-39-22/h3,6,8,11-12,15-16,18,22,36H,1-2,4-5,7,9-10,13H2,(H,32,35)(H,33,34)/t15-,16?,18-,22+,27-/m0/s1. The lowest BCUT2D eigenvalue weighted by Gasteiger charge is -2.42. The molecule has 5 atom stereocenters. The number of anilines is 1. The van der Waals surface area contributed by atoms with Crippen molar-refractivity contribution in [2.75, 3.05) is 18.5 Å². The molecule has 8 nitrogen and oxygen atoms in total. The summed E-state index contributed by atoms with van der Waals surface area (Å²) in [5, 5.41) is 15.5. The van der Waals surface area contributed by atoms with E-state index < -0.39 is 50.2 Å². The van der Waals surface area contributed by atoms with Gasteiger partial charge < -0.3 is 20.5 Å². The van der Waals surface area contributed by atoms with E-state index in [1.165, 1.54) is 12.1 Å². The fourth-order valence-corrected chi connectivity index (χ4v) is 8.55. The normalized spacial score (nSPS) is 27.9. The zero-order chi connectivity index (χ0) is 28.8. The molecule has 2 aliphatic carbocycles. The first-order valence-corrected chi connectivity index (χ1v) is 14.9. The first kappa shape index (κ1) is 28.8. The number of benzene rings is 2. The predicted octanol–water partition coefficient (Wildman–Crippen LogP) is 4.00. The van der Waals surface area contributed by atoms with Gasteiger partial charge in [0.05, 0.1) is 20.8 Å². The smallest absolute Gasteiger partial charge is 0.255 e. The van der Waals surface area contributed by atoms with E-state index >= 15 is 0 Å². The molecule has 3 N–H and O–H groups in total. The van der Waals surface area contributed by atoms with Gasteiger partial charge in [-0.3, -0.25) is 9.59 Å². The van der Waals surface area contributed by atoms with E-state index in [1.54, 1.807) is 0 Å². The summed E-state index contributed by atoms with van der Waals surface area (Å²) in [6.45, 7) is 0.524. The molecule has 0 aromatic heterocycles. The van der Waals surface area contributed by atoms with Crippen molar-refractivity contribution in [2.45, 2.75) is 60.4 Å². The third-order valence-electron chi connectivity index (χ3n) is 8.32. The van der Waals surface area contributed by atoms with Crippen LogP contribution in [0.15, 0.2) is 35.2 Å². The second-order valence-electron chi connectivity index (χ2n) is 10.7. The highest BCUT2D eigenvalue weighted by Crippen LogP contribution is 2.52. The van der Waals surface area contributed by atoms with Crippen LogP contribution >= 0.6 is 11.6 Å². The number of sulfone groups is 1. The Morgan fingerprint density at radius 3 is 2.30 bits per heavy atom. The molecular weight excluding hydrogens is 573 g/mol. The fraction of sp³-hybridized carbons (Fsp3) is 0.481. The van der Waals surface area contributed by atoms with Crippen LogP contribution in [0.1, 0.15) is 48.9 Å². The van der Waals surface area contributed by atoms with Crippen molar-refractivity contribution in [3.05, 3.63) is 58.4 Å². The van der Waals surface area contributed by atoms with Crippen molar-refractivity contribution in [1.82, 2.24) is 5.32 Å². The maximum Gasteiger partial charge on any atom is 0.255 e. The Labute approximate surface area is 234 Å². The van der Waals surface area contributed by atoms with Crippen molar-refractivity contribution in [3.63, 3.8) is 0 Å². The third-order valence-corrected chi connectivity index (χ3v) is 11.0.